The van der Waals surface area contributed by atoms with Gasteiger partial charge in [-0.1, -0.05) is 18.9 Å². The van der Waals surface area contributed by atoms with Crippen LogP contribution in [0.4, 0.5) is 0 Å². The number of aromatic hydroxyl groups is 3. The number of aryl methyl sites for hydroxylation is 1. The van der Waals surface area contributed by atoms with Gasteiger partial charge in [0.05, 0.1) is 19.8 Å². The number of phenols is 3. The number of rotatable bonds is 10. The average molecular weight is 445 g/mol. The number of aliphatic hydroxyl groups excluding tert-OH is 2. The van der Waals surface area contributed by atoms with Gasteiger partial charge in [0, 0.05) is 12.8 Å². The van der Waals surface area contributed by atoms with E-state index in [9.17, 15) is 30.3 Å². The van der Waals surface area contributed by atoms with Crippen LogP contribution in [0.25, 0.3) is 0 Å². The van der Waals surface area contributed by atoms with Crippen molar-refractivity contribution in [1.29, 1.82) is 0 Å². The van der Waals surface area contributed by atoms with Crippen molar-refractivity contribution in [2.45, 2.75) is 69.5 Å². The highest BCUT2D eigenvalue weighted by Crippen LogP contribution is 2.46. The number of Topliss-reactive ketones (excluding diaryl/α,β-unsaturated/α-hetero) is 1. The number of ether oxygens (including phenoxy) is 1. The number of hydrogen-bond donors (Lipinski definition) is 5. The van der Waals surface area contributed by atoms with Crippen molar-refractivity contribution in [1.82, 2.24) is 0 Å². The SMILES string of the molecule is COc1cc(CCC(=O)C[C@H](O)CC2(c3ccc(O)c(O)c3)CCCC2)c(CO)cc1O. The van der Waals surface area contributed by atoms with Crippen molar-refractivity contribution in [2.24, 2.45) is 0 Å². The Hall–Kier alpha value is -2.77. The van der Waals surface area contributed by atoms with Crippen LogP contribution in [0.5, 0.6) is 23.0 Å². The summed E-state index contributed by atoms with van der Waals surface area (Å²) in [4.78, 5) is 12.6. The average Bonchev–Trinajstić information content (AvgIpc) is 3.23. The van der Waals surface area contributed by atoms with Gasteiger partial charge in [0.15, 0.2) is 23.0 Å². The number of ketones is 1. The van der Waals surface area contributed by atoms with Crippen molar-refractivity contribution in [2.75, 3.05) is 7.11 Å². The van der Waals surface area contributed by atoms with Gasteiger partial charge in [-0.15, -0.1) is 0 Å². The van der Waals surface area contributed by atoms with E-state index in [1.54, 1.807) is 18.2 Å². The largest absolute Gasteiger partial charge is 0.504 e. The Labute approximate surface area is 187 Å². The number of phenolic OH excluding ortho intramolecular Hbond substituents is 3. The van der Waals surface area contributed by atoms with Crippen molar-refractivity contribution >= 4 is 5.78 Å². The molecule has 32 heavy (non-hydrogen) atoms. The molecule has 2 aromatic carbocycles. The minimum absolute atomic E-state index is 0.0233. The quantitative estimate of drug-likeness (QED) is 0.355. The van der Waals surface area contributed by atoms with E-state index in [-0.39, 0.29) is 53.6 Å². The van der Waals surface area contributed by atoms with Gasteiger partial charge in [0.25, 0.3) is 0 Å². The second kappa shape index (κ2) is 10.2. The standard InChI is InChI=1S/C25H32O7/c1-32-24-11-16(17(15-26)10-23(24)31)4-6-19(27)13-20(28)14-25(8-2-3-9-25)18-5-7-21(29)22(30)12-18/h5,7,10-12,20,26,28-31H,2-4,6,8-9,13-15H2,1H3/t20-/m0/s1. The van der Waals surface area contributed by atoms with Crippen LogP contribution in [0.2, 0.25) is 0 Å². The molecule has 7 heteroatoms. The summed E-state index contributed by atoms with van der Waals surface area (Å²) in [6, 6.07) is 7.86. The summed E-state index contributed by atoms with van der Waals surface area (Å²) in [5.41, 5.74) is 1.81. The number of benzene rings is 2. The highest BCUT2D eigenvalue weighted by molar-refractivity contribution is 5.79. The van der Waals surface area contributed by atoms with Crippen LogP contribution < -0.4 is 4.74 Å². The van der Waals surface area contributed by atoms with E-state index in [0.717, 1.165) is 36.8 Å². The van der Waals surface area contributed by atoms with E-state index in [0.29, 0.717) is 18.4 Å². The van der Waals surface area contributed by atoms with Crippen molar-refractivity contribution in [3.63, 3.8) is 0 Å². The second-order valence-electron chi connectivity index (χ2n) is 8.74. The third-order valence-corrected chi connectivity index (χ3v) is 6.58. The molecule has 0 aromatic heterocycles. The lowest BCUT2D eigenvalue weighted by Crippen LogP contribution is -2.29. The van der Waals surface area contributed by atoms with E-state index >= 15 is 0 Å². The maximum atomic E-state index is 12.6. The van der Waals surface area contributed by atoms with Crippen LogP contribution in [0.3, 0.4) is 0 Å². The summed E-state index contributed by atoms with van der Waals surface area (Å²) in [5.74, 6) is -0.224. The lowest BCUT2D eigenvalue weighted by atomic mass is 9.74. The van der Waals surface area contributed by atoms with Gasteiger partial charge < -0.3 is 30.3 Å². The molecular weight excluding hydrogens is 412 g/mol. The first-order valence-electron chi connectivity index (χ1n) is 11.0. The van der Waals surface area contributed by atoms with Gasteiger partial charge in [-0.25, -0.2) is 0 Å². The molecule has 0 bridgehead atoms. The number of carbonyl (C=O) groups is 1. The van der Waals surface area contributed by atoms with E-state index in [2.05, 4.69) is 0 Å². The van der Waals surface area contributed by atoms with Gasteiger partial charge >= 0.3 is 0 Å². The second-order valence-corrected chi connectivity index (χ2v) is 8.74. The fourth-order valence-corrected chi connectivity index (χ4v) is 4.88. The van der Waals surface area contributed by atoms with Gasteiger partial charge in [0.1, 0.15) is 5.78 Å². The molecule has 0 radical (unpaired) electrons. The van der Waals surface area contributed by atoms with E-state index < -0.39 is 6.10 Å². The lowest BCUT2D eigenvalue weighted by Gasteiger charge is -2.32. The minimum atomic E-state index is -0.816. The Kier molecular flexibility index (Phi) is 7.64. The zero-order chi connectivity index (χ0) is 23.3. The van der Waals surface area contributed by atoms with Gasteiger partial charge in [0.2, 0.25) is 0 Å². The summed E-state index contributed by atoms with van der Waals surface area (Å²) in [5, 5.41) is 49.7. The first-order chi connectivity index (χ1) is 15.3. The third-order valence-electron chi connectivity index (χ3n) is 6.58. The smallest absolute Gasteiger partial charge is 0.160 e. The Morgan fingerprint density at radius 2 is 1.75 bits per heavy atom. The topological polar surface area (TPSA) is 127 Å². The Bertz CT molecular complexity index is 948. The third kappa shape index (κ3) is 5.34. The molecule has 5 N–H and O–H groups in total. The highest BCUT2D eigenvalue weighted by atomic mass is 16.5. The summed E-state index contributed by atoms with van der Waals surface area (Å²) < 4.78 is 5.11. The first-order valence-corrected chi connectivity index (χ1v) is 11.0. The van der Waals surface area contributed by atoms with Crippen LogP contribution in [0.15, 0.2) is 30.3 Å². The summed E-state index contributed by atoms with van der Waals surface area (Å²) in [7, 11) is 1.44. The molecule has 0 aliphatic heterocycles. The van der Waals surface area contributed by atoms with E-state index in [4.69, 9.17) is 4.74 Å². The molecule has 2 aromatic rings. The lowest BCUT2D eigenvalue weighted by molar-refractivity contribution is -0.121. The monoisotopic (exact) mass is 444 g/mol. The molecule has 7 nitrogen and oxygen atoms in total. The molecule has 1 saturated carbocycles. The fraction of sp³-hybridized carbons (Fsp3) is 0.480. The molecule has 1 fully saturated rings. The van der Waals surface area contributed by atoms with Gasteiger partial charge in [-0.05, 0) is 72.1 Å². The number of hydrogen-bond acceptors (Lipinski definition) is 7. The maximum Gasteiger partial charge on any atom is 0.160 e. The molecule has 0 unspecified atom stereocenters. The molecule has 0 saturated heterocycles. The Balaban J connectivity index is 1.63. The highest BCUT2D eigenvalue weighted by Gasteiger charge is 2.38. The van der Waals surface area contributed by atoms with E-state index in [1.165, 1.54) is 19.2 Å². The molecule has 3 rings (SSSR count). The molecule has 174 valence electrons. The van der Waals surface area contributed by atoms with Gasteiger partial charge in [-0.3, -0.25) is 4.79 Å². The molecule has 1 atom stereocenters. The number of aliphatic hydroxyl groups is 2. The van der Waals surface area contributed by atoms with Crippen LogP contribution in [-0.4, -0.2) is 44.5 Å². The summed E-state index contributed by atoms with van der Waals surface area (Å²) in [6.45, 7) is -0.258. The predicted molar refractivity (Wildman–Crippen MR) is 119 cm³/mol. The van der Waals surface area contributed by atoms with Crippen LogP contribution in [0.1, 0.15) is 61.6 Å². The normalized spacial score (nSPS) is 16.1. The maximum absolute atomic E-state index is 12.6. The Morgan fingerprint density at radius 3 is 2.38 bits per heavy atom. The van der Waals surface area contributed by atoms with E-state index in [1.807, 2.05) is 0 Å². The van der Waals surface area contributed by atoms with Crippen molar-refractivity contribution in [3.8, 4) is 23.0 Å². The molecule has 1 aliphatic carbocycles. The minimum Gasteiger partial charge on any atom is -0.504 e. The molecule has 0 heterocycles. The molecule has 1 aliphatic rings. The zero-order valence-corrected chi connectivity index (χ0v) is 18.4. The fourth-order valence-electron chi connectivity index (χ4n) is 4.88. The van der Waals surface area contributed by atoms with Crippen LogP contribution in [0, 0.1) is 0 Å². The van der Waals surface area contributed by atoms with Crippen molar-refractivity contribution in [3.05, 3.63) is 47.0 Å². The first kappa shape index (κ1) is 23.9. The van der Waals surface area contributed by atoms with Crippen LogP contribution in [-0.2, 0) is 23.2 Å². The number of carbonyl (C=O) groups excluding carboxylic acids is 1. The molecule has 0 spiro atoms. The Morgan fingerprint density at radius 1 is 1.03 bits per heavy atom. The van der Waals surface area contributed by atoms with Crippen LogP contribution >= 0.6 is 0 Å². The van der Waals surface area contributed by atoms with Gasteiger partial charge in [-0.2, -0.15) is 0 Å². The molecular formula is C25H32O7. The molecule has 0 amide bonds. The summed E-state index contributed by atoms with van der Waals surface area (Å²) >= 11 is 0. The predicted octanol–water partition coefficient (Wildman–Crippen LogP) is 3.46. The number of methoxy groups -OCH3 is 1. The van der Waals surface area contributed by atoms with Crippen molar-refractivity contribution < 1.29 is 35.1 Å². The summed E-state index contributed by atoms with van der Waals surface area (Å²) in [6.07, 6.45) is 3.92. The zero-order valence-electron chi connectivity index (χ0n) is 18.4.